The Morgan fingerprint density at radius 2 is 1.96 bits per heavy atom. The van der Waals surface area contributed by atoms with E-state index >= 15 is 0 Å². The maximum Gasteiger partial charge on any atom is 0.335 e. The third kappa shape index (κ3) is 3.33. The van der Waals surface area contributed by atoms with Crippen LogP contribution in [-0.2, 0) is 10.0 Å². The molecule has 0 aliphatic heterocycles. The summed E-state index contributed by atoms with van der Waals surface area (Å²) in [6, 6.07) is 8.70. The average molecular weight is 353 g/mol. The Bertz CT molecular complexity index is 867. The van der Waals surface area contributed by atoms with Gasteiger partial charge < -0.3 is 9.84 Å². The van der Waals surface area contributed by atoms with E-state index in [0.29, 0.717) is 0 Å². The first-order valence-corrected chi connectivity index (χ1v) is 8.45. The maximum atomic E-state index is 13.4. The second-order valence-corrected chi connectivity index (χ2v) is 6.65. The van der Waals surface area contributed by atoms with Gasteiger partial charge in [-0.05, 0) is 43.3 Å². The minimum absolute atomic E-state index is 0.00912. The quantitative estimate of drug-likeness (QED) is 0.863. The number of carbonyl (C=O) groups is 1. The summed E-state index contributed by atoms with van der Waals surface area (Å²) in [4.78, 5) is 10.8. The van der Waals surface area contributed by atoms with Crippen LogP contribution in [0.15, 0.2) is 47.4 Å². The molecule has 0 aliphatic rings. The summed E-state index contributed by atoms with van der Waals surface area (Å²) in [7, 11) is -2.86. The molecule has 8 heteroatoms. The molecule has 0 heterocycles. The zero-order chi connectivity index (χ0) is 17.9. The number of methoxy groups -OCH3 is 1. The summed E-state index contributed by atoms with van der Waals surface area (Å²) < 4.78 is 45.4. The van der Waals surface area contributed by atoms with Crippen LogP contribution in [0.2, 0.25) is 0 Å². The molecule has 24 heavy (non-hydrogen) atoms. The van der Waals surface area contributed by atoms with Crippen molar-refractivity contribution < 1.29 is 27.4 Å². The van der Waals surface area contributed by atoms with Crippen LogP contribution in [0.5, 0.6) is 5.75 Å². The van der Waals surface area contributed by atoms with Gasteiger partial charge in [0.2, 0.25) is 0 Å². The topological polar surface area (TPSA) is 83.9 Å². The van der Waals surface area contributed by atoms with E-state index in [1.54, 1.807) is 6.92 Å². The molecule has 1 N–H and O–H groups in total. The SMILES string of the molecule is CCN(c1cccc(F)c1)S(=O)(=O)c1cc(C(=O)O)ccc1OC. The molecule has 0 aromatic heterocycles. The van der Waals surface area contributed by atoms with E-state index in [1.807, 2.05) is 0 Å². The number of carboxylic acid groups (broad SMARTS) is 1. The lowest BCUT2D eigenvalue weighted by Crippen LogP contribution is -2.31. The second-order valence-electron chi connectivity index (χ2n) is 4.82. The minimum Gasteiger partial charge on any atom is -0.495 e. The Morgan fingerprint density at radius 3 is 2.50 bits per heavy atom. The second kappa shape index (κ2) is 6.88. The van der Waals surface area contributed by atoms with E-state index in [4.69, 9.17) is 9.84 Å². The standard InChI is InChI=1S/C16H16FNO5S/c1-3-18(13-6-4-5-12(17)10-13)24(21,22)15-9-11(16(19)20)7-8-14(15)23-2/h4-10H,3H2,1-2H3,(H,19,20). The number of anilines is 1. The molecular formula is C16H16FNO5S. The molecule has 2 aromatic rings. The van der Waals surface area contributed by atoms with E-state index in [1.165, 1.54) is 37.4 Å². The normalized spacial score (nSPS) is 11.1. The molecule has 6 nitrogen and oxygen atoms in total. The first-order chi connectivity index (χ1) is 11.3. The van der Waals surface area contributed by atoms with Crippen molar-refractivity contribution in [3.63, 3.8) is 0 Å². The van der Waals surface area contributed by atoms with Gasteiger partial charge in [0, 0.05) is 6.54 Å². The van der Waals surface area contributed by atoms with Gasteiger partial charge in [0.1, 0.15) is 16.5 Å². The summed E-state index contributed by atoms with van der Waals surface area (Å²) >= 11 is 0. The van der Waals surface area contributed by atoms with E-state index in [0.717, 1.165) is 16.4 Å². The van der Waals surface area contributed by atoms with Crippen LogP contribution in [0, 0.1) is 5.82 Å². The summed E-state index contributed by atoms with van der Waals surface area (Å²) in [5, 5.41) is 9.09. The molecule has 0 atom stereocenters. The number of nitrogens with zero attached hydrogens (tertiary/aromatic N) is 1. The van der Waals surface area contributed by atoms with Gasteiger partial charge in [-0.3, -0.25) is 4.31 Å². The molecular weight excluding hydrogens is 337 g/mol. The molecule has 128 valence electrons. The number of ether oxygens (including phenoxy) is 1. The van der Waals surface area contributed by atoms with Crippen LogP contribution in [-0.4, -0.2) is 33.1 Å². The highest BCUT2D eigenvalue weighted by Gasteiger charge is 2.28. The van der Waals surface area contributed by atoms with Gasteiger partial charge in [0.15, 0.2) is 0 Å². The van der Waals surface area contributed by atoms with Gasteiger partial charge >= 0.3 is 5.97 Å². The van der Waals surface area contributed by atoms with Gasteiger partial charge in [-0.1, -0.05) is 6.07 Å². The first-order valence-electron chi connectivity index (χ1n) is 7.01. The first kappa shape index (κ1) is 17.7. The molecule has 2 rings (SSSR count). The molecule has 0 spiro atoms. The predicted molar refractivity (Wildman–Crippen MR) is 86.6 cm³/mol. The Morgan fingerprint density at radius 1 is 1.25 bits per heavy atom. The molecule has 0 aliphatic carbocycles. The lowest BCUT2D eigenvalue weighted by molar-refractivity contribution is 0.0696. The van der Waals surface area contributed by atoms with Gasteiger partial charge in [0.25, 0.3) is 10.0 Å². The van der Waals surface area contributed by atoms with Crippen LogP contribution in [0.4, 0.5) is 10.1 Å². The van der Waals surface area contributed by atoms with E-state index in [2.05, 4.69) is 0 Å². The lowest BCUT2D eigenvalue weighted by Gasteiger charge is -2.24. The summed E-state index contributed by atoms with van der Waals surface area (Å²) in [6.07, 6.45) is 0. The predicted octanol–water partition coefficient (Wildman–Crippen LogP) is 2.75. The minimum atomic E-state index is -4.14. The highest BCUT2D eigenvalue weighted by atomic mass is 32.2. The van der Waals surface area contributed by atoms with Crippen molar-refractivity contribution in [3.05, 3.63) is 53.8 Å². The van der Waals surface area contributed by atoms with E-state index < -0.39 is 21.8 Å². The summed E-state index contributed by atoms with van der Waals surface area (Å²) in [5.74, 6) is -1.83. The number of hydrogen-bond donors (Lipinski definition) is 1. The zero-order valence-corrected chi connectivity index (χ0v) is 13.9. The van der Waals surface area contributed by atoms with E-state index in [9.17, 15) is 17.6 Å². The van der Waals surface area contributed by atoms with Crippen molar-refractivity contribution in [3.8, 4) is 5.75 Å². The number of sulfonamides is 1. The fraction of sp³-hybridized carbons (Fsp3) is 0.188. The molecule has 0 saturated heterocycles. The summed E-state index contributed by atoms with van der Waals surface area (Å²) in [6.45, 7) is 1.63. The van der Waals surface area contributed by atoms with Crippen LogP contribution >= 0.6 is 0 Å². The number of rotatable bonds is 6. The Balaban J connectivity index is 2.63. The number of halogens is 1. The maximum absolute atomic E-state index is 13.4. The van der Waals surface area contributed by atoms with Crippen molar-refractivity contribution >= 4 is 21.7 Å². The summed E-state index contributed by atoms with van der Waals surface area (Å²) in [5.41, 5.74) is -0.0510. The van der Waals surface area contributed by atoms with Crippen LogP contribution in [0.1, 0.15) is 17.3 Å². The fourth-order valence-corrected chi connectivity index (χ4v) is 3.90. The third-order valence-corrected chi connectivity index (χ3v) is 5.29. The number of hydrogen-bond acceptors (Lipinski definition) is 4. The fourth-order valence-electron chi connectivity index (χ4n) is 2.25. The number of benzene rings is 2. The smallest absolute Gasteiger partial charge is 0.335 e. The zero-order valence-electron chi connectivity index (χ0n) is 13.1. The average Bonchev–Trinajstić information content (AvgIpc) is 2.54. The van der Waals surface area contributed by atoms with Crippen molar-refractivity contribution in [2.24, 2.45) is 0 Å². The lowest BCUT2D eigenvalue weighted by atomic mass is 10.2. The molecule has 0 unspecified atom stereocenters. The van der Waals surface area contributed by atoms with Gasteiger partial charge in [-0.25, -0.2) is 17.6 Å². The van der Waals surface area contributed by atoms with Gasteiger partial charge in [-0.2, -0.15) is 0 Å². The van der Waals surface area contributed by atoms with Gasteiger partial charge in [-0.15, -0.1) is 0 Å². The molecule has 0 fully saturated rings. The number of aromatic carboxylic acids is 1. The monoisotopic (exact) mass is 353 g/mol. The van der Waals surface area contributed by atoms with E-state index in [-0.39, 0.29) is 28.4 Å². The van der Waals surface area contributed by atoms with Gasteiger partial charge in [0.05, 0.1) is 18.4 Å². The highest BCUT2D eigenvalue weighted by Crippen LogP contribution is 2.31. The van der Waals surface area contributed by atoms with Crippen molar-refractivity contribution in [2.45, 2.75) is 11.8 Å². The van der Waals surface area contributed by atoms with Crippen LogP contribution in [0.25, 0.3) is 0 Å². The van der Waals surface area contributed by atoms with Crippen LogP contribution in [0.3, 0.4) is 0 Å². The highest BCUT2D eigenvalue weighted by molar-refractivity contribution is 7.93. The van der Waals surface area contributed by atoms with Crippen molar-refractivity contribution in [2.75, 3.05) is 18.0 Å². The Labute approximate surface area is 139 Å². The molecule has 0 saturated carbocycles. The van der Waals surface area contributed by atoms with Crippen LogP contribution < -0.4 is 9.04 Å². The molecule has 0 bridgehead atoms. The number of carboxylic acids is 1. The van der Waals surface area contributed by atoms with Crippen molar-refractivity contribution in [1.29, 1.82) is 0 Å². The largest absolute Gasteiger partial charge is 0.495 e. The molecule has 0 amide bonds. The van der Waals surface area contributed by atoms with Crippen molar-refractivity contribution in [1.82, 2.24) is 0 Å². The molecule has 0 radical (unpaired) electrons. The third-order valence-electron chi connectivity index (χ3n) is 3.36. The molecule has 2 aromatic carbocycles. The Hall–Kier alpha value is -2.61. The Kier molecular flexibility index (Phi) is 5.08.